The molecule has 0 saturated carbocycles. The lowest BCUT2D eigenvalue weighted by molar-refractivity contribution is -0.139. The molecule has 7 nitrogen and oxygen atoms in total. The quantitative estimate of drug-likeness (QED) is 0.0624. The van der Waals surface area contributed by atoms with E-state index in [1.807, 2.05) is 6.92 Å². The molecule has 7 atom stereocenters. The maximum atomic E-state index is 11.7. The van der Waals surface area contributed by atoms with Gasteiger partial charge < -0.3 is 29.9 Å². The molecule has 0 bridgehead atoms. The number of aliphatic hydroxyl groups is 4. The molecular weight excluding hydrogens is 532 g/mol. The molecule has 1 fully saturated rings. The van der Waals surface area contributed by atoms with E-state index in [0.29, 0.717) is 37.7 Å². The van der Waals surface area contributed by atoms with Crippen LogP contribution in [0.2, 0.25) is 0 Å². The number of esters is 1. The van der Waals surface area contributed by atoms with Gasteiger partial charge in [-0.1, -0.05) is 103 Å². The highest BCUT2D eigenvalue weighted by Gasteiger charge is 2.31. The minimum Gasteiger partial charge on any atom is -0.455 e. The molecule has 2 aliphatic heterocycles. The van der Waals surface area contributed by atoms with Gasteiger partial charge in [-0.05, 0) is 57.9 Å². The van der Waals surface area contributed by atoms with Crippen molar-refractivity contribution in [3.63, 3.8) is 0 Å². The second kappa shape index (κ2) is 22.5. The molecule has 4 N–H and O–H groups in total. The molecule has 0 aromatic rings. The fourth-order valence-electron chi connectivity index (χ4n) is 6.40. The van der Waals surface area contributed by atoms with Crippen molar-refractivity contribution in [2.45, 2.75) is 204 Å². The number of carbonyl (C=O) groups excluding carboxylic acids is 1. The van der Waals surface area contributed by atoms with Gasteiger partial charge in [-0.15, -0.1) is 0 Å². The van der Waals surface area contributed by atoms with Crippen LogP contribution in [0.1, 0.15) is 162 Å². The van der Waals surface area contributed by atoms with E-state index in [-0.39, 0.29) is 24.3 Å². The zero-order valence-electron chi connectivity index (χ0n) is 26.9. The maximum Gasteiger partial charge on any atom is 0.334 e. The van der Waals surface area contributed by atoms with E-state index in [2.05, 4.69) is 6.92 Å². The van der Waals surface area contributed by atoms with E-state index < -0.39 is 24.4 Å². The molecule has 0 aliphatic carbocycles. The van der Waals surface area contributed by atoms with Crippen LogP contribution in [0.15, 0.2) is 11.6 Å². The number of rotatable bonds is 26. The molecule has 2 rings (SSSR count). The highest BCUT2D eigenvalue weighted by Crippen LogP contribution is 2.28. The largest absolute Gasteiger partial charge is 0.455 e. The molecule has 2 aliphatic rings. The van der Waals surface area contributed by atoms with E-state index in [9.17, 15) is 25.2 Å². The molecular formula is C35H64O7. The van der Waals surface area contributed by atoms with Crippen molar-refractivity contribution in [3.05, 3.63) is 11.6 Å². The fraction of sp³-hybridized carbons (Fsp3) is 0.914. The second-order valence-electron chi connectivity index (χ2n) is 13.1. The van der Waals surface area contributed by atoms with Crippen LogP contribution in [0.4, 0.5) is 0 Å². The predicted octanol–water partition coefficient (Wildman–Crippen LogP) is 7.06. The Morgan fingerprint density at radius 2 is 1.31 bits per heavy atom. The first-order chi connectivity index (χ1) is 20.3. The van der Waals surface area contributed by atoms with E-state index >= 15 is 0 Å². The molecule has 42 heavy (non-hydrogen) atoms. The van der Waals surface area contributed by atoms with Crippen LogP contribution in [0.5, 0.6) is 0 Å². The lowest BCUT2D eigenvalue weighted by Gasteiger charge is -2.22. The van der Waals surface area contributed by atoms with Gasteiger partial charge in [0.1, 0.15) is 6.10 Å². The molecule has 0 radical (unpaired) electrons. The van der Waals surface area contributed by atoms with E-state index in [4.69, 9.17) is 9.47 Å². The van der Waals surface area contributed by atoms with Crippen molar-refractivity contribution in [1.82, 2.24) is 0 Å². The number of cyclic esters (lactones) is 1. The van der Waals surface area contributed by atoms with Gasteiger partial charge in [0.25, 0.3) is 0 Å². The first-order valence-electron chi connectivity index (χ1n) is 17.6. The summed E-state index contributed by atoms with van der Waals surface area (Å²) in [5.74, 6) is -0.308. The van der Waals surface area contributed by atoms with Crippen LogP contribution in [0, 0.1) is 0 Å². The lowest BCUT2D eigenvalue weighted by Crippen LogP contribution is -2.31. The highest BCUT2D eigenvalue weighted by molar-refractivity contribution is 5.90. The number of aliphatic hydroxyl groups excluding tert-OH is 4. The molecule has 0 aromatic heterocycles. The van der Waals surface area contributed by atoms with Crippen LogP contribution >= 0.6 is 0 Å². The zero-order chi connectivity index (χ0) is 30.6. The van der Waals surface area contributed by atoms with Crippen LogP contribution in [0.25, 0.3) is 0 Å². The van der Waals surface area contributed by atoms with Crippen LogP contribution in [-0.4, -0.2) is 69.1 Å². The van der Waals surface area contributed by atoms with Crippen molar-refractivity contribution in [2.75, 3.05) is 0 Å². The Bertz CT molecular complexity index is 726. The summed E-state index contributed by atoms with van der Waals surface area (Å²) in [6.45, 7) is 4.08. The van der Waals surface area contributed by atoms with Crippen molar-refractivity contribution >= 4 is 5.97 Å². The van der Waals surface area contributed by atoms with Crippen LogP contribution in [0.3, 0.4) is 0 Å². The summed E-state index contributed by atoms with van der Waals surface area (Å²) in [7, 11) is 0. The first kappa shape index (κ1) is 37.2. The van der Waals surface area contributed by atoms with Crippen LogP contribution in [-0.2, 0) is 14.3 Å². The summed E-state index contributed by atoms with van der Waals surface area (Å²) < 4.78 is 11.2. The first-order valence-corrected chi connectivity index (χ1v) is 17.6. The number of hydrogen-bond donors (Lipinski definition) is 4. The van der Waals surface area contributed by atoms with Gasteiger partial charge in [0.05, 0.1) is 36.6 Å². The number of ether oxygens (including phenoxy) is 2. The zero-order valence-corrected chi connectivity index (χ0v) is 26.9. The van der Waals surface area contributed by atoms with Crippen LogP contribution < -0.4 is 0 Å². The Morgan fingerprint density at radius 1 is 0.738 bits per heavy atom. The number of unbranched alkanes of at least 4 members (excludes halogenated alkanes) is 13. The minimum atomic E-state index is -0.793. The summed E-state index contributed by atoms with van der Waals surface area (Å²) in [5, 5.41) is 41.6. The Balaban J connectivity index is 1.43. The average molecular weight is 597 g/mol. The summed E-state index contributed by atoms with van der Waals surface area (Å²) in [4.78, 5) is 11.7. The molecule has 246 valence electrons. The highest BCUT2D eigenvalue weighted by atomic mass is 16.5. The third-order valence-electron chi connectivity index (χ3n) is 9.14. The maximum absolute atomic E-state index is 11.7. The van der Waals surface area contributed by atoms with Crippen molar-refractivity contribution in [2.24, 2.45) is 0 Å². The van der Waals surface area contributed by atoms with Gasteiger partial charge in [-0.3, -0.25) is 0 Å². The average Bonchev–Trinajstić information content (AvgIpc) is 3.57. The summed E-state index contributed by atoms with van der Waals surface area (Å²) in [5.41, 5.74) is 0.584. The molecule has 0 spiro atoms. The van der Waals surface area contributed by atoms with Crippen molar-refractivity contribution in [1.29, 1.82) is 0 Å². The number of hydrogen-bond acceptors (Lipinski definition) is 7. The third kappa shape index (κ3) is 16.2. The SMILES string of the molecule is CCCCCCCCCCCCCC[C@@H](O)[C@H](O)CC[C@H](O)[C@@H]1CCC(CCCCC[C@@H](O)CC2=C[C@H](C)OC2=O)O1. The Kier molecular flexibility index (Phi) is 19.9. The van der Waals surface area contributed by atoms with E-state index in [1.54, 1.807) is 6.08 Å². The lowest BCUT2D eigenvalue weighted by atomic mass is 9.97. The second-order valence-corrected chi connectivity index (χ2v) is 13.1. The Morgan fingerprint density at radius 3 is 1.93 bits per heavy atom. The minimum absolute atomic E-state index is 0.149. The smallest absolute Gasteiger partial charge is 0.334 e. The molecule has 2 heterocycles. The number of carbonyl (C=O) groups is 1. The van der Waals surface area contributed by atoms with Gasteiger partial charge in [0.15, 0.2) is 0 Å². The topological polar surface area (TPSA) is 116 Å². The van der Waals surface area contributed by atoms with Crippen molar-refractivity contribution in [3.8, 4) is 0 Å². The monoisotopic (exact) mass is 596 g/mol. The summed E-state index contributed by atoms with van der Waals surface area (Å²) >= 11 is 0. The summed E-state index contributed by atoms with van der Waals surface area (Å²) in [6, 6.07) is 0. The molecule has 0 aromatic carbocycles. The Hall–Kier alpha value is -0.990. The van der Waals surface area contributed by atoms with E-state index in [1.165, 1.54) is 64.2 Å². The molecule has 1 unspecified atom stereocenters. The predicted molar refractivity (Wildman–Crippen MR) is 168 cm³/mol. The molecule has 7 heteroatoms. The Labute approximate surface area is 256 Å². The normalized spacial score (nSPS) is 23.5. The van der Waals surface area contributed by atoms with Gasteiger partial charge >= 0.3 is 5.97 Å². The van der Waals surface area contributed by atoms with Crippen molar-refractivity contribution < 1.29 is 34.7 Å². The van der Waals surface area contributed by atoms with E-state index in [0.717, 1.165) is 51.4 Å². The van der Waals surface area contributed by atoms with Gasteiger partial charge in [-0.2, -0.15) is 0 Å². The van der Waals surface area contributed by atoms with Gasteiger partial charge in [-0.25, -0.2) is 4.79 Å². The molecule has 0 amide bonds. The standard InChI is InChI=1S/C35H64O7/c1-3-4-5-6-7-8-9-10-11-12-13-17-20-31(37)32(38)22-23-33(39)34-24-21-30(42-34)19-16-14-15-18-29(36)26-28-25-27(2)41-35(28)40/h25,27,29-34,36-39H,3-24,26H2,1-2H3/t27-,29+,30?,31+,32+,33-,34-/m0/s1. The molecule has 1 saturated heterocycles. The third-order valence-corrected chi connectivity index (χ3v) is 9.14. The van der Waals surface area contributed by atoms with Gasteiger partial charge in [0.2, 0.25) is 0 Å². The summed E-state index contributed by atoms with van der Waals surface area (Å²) in [6.07, 6.45) is 22.3. The fourth-order valence-corrected chi connectivity index (χ4v) is 6.40. The van der Waals surface area contributed by atoms with Gasteiger partial charge in [0, 0.05) is 12.0 Å².